The first-order valence-corrected chi connectivity index (χ1v) is 7.17. The summed E-state index contributed by atoms with van der Waals surface area (Å²) in [6, 6.07) is 9.33. The van der Waals surface area contributed by atoms with Crippen LogP contribution in [0.5, 0.6) is 0 Å². The van der Waals surface area contributed by atoms with Crippen LogP contribution in [-0.2, 0) is 29.2 Å². The van der Waals surface area contributed by atoms with Gasteiger partial charge < -0.3 is 4.74 Å². The number of rotatable bonds is 5. The predicted molar refractivity (Wildman–Crippen MR) is 81.5 cm³/mol. The van der Waals surface area contributed by atoms with Gasteiger partial charge in [0.1, 0.15) is 19.5 Å². The molecule has 0 fully saturated rings. The van der Waals surface area contributed by atoms with Gasteiger partial charge in [0.2, 0.25) is 0 Å². The van der Waals surface area contributed by atoms with Crippen LogP contribution in [0.3, 0.4) is 0 Å². The molecule has 0 saturated carbocycles. The van der Waals surface area contributed by atoms with Crippen LogP contribution in [0.4, 0.5) is 0 Å². The number of hydrogen-bond acceptors (Lipinski definition) is 6. The van der Waals surface area contributed by atoms with Crippen molar-refractivity contribution in [2.45, 2.75) is 26.6 Å². The van der Waals surface area contributed by atoms with Crippen LogP contribution in [0, 0.1) is 0 Å². The highest BCUT2D eigenvalue weighted by Crippen LogP contribution is 2.03. The van der Waals surface area contributed by atoms with Crippen LogP contribution in [0.15, 0.2) is 41.5 Å². The molecule has 118 valence electrons. The molecule has 23 heavy (non-hydrogen) atoms. The van der Waals surface area contributed by atoms with Crippen molar-refractivity contribution in [1.29, 1.82) is 0 Å². The minimum Gasteiger partial charge on any atom is -0.459 e. The molecule has 0 bridgehead atoms. The van der Waals surface area contributed by atoms with Gasteiger partial charge in [-0.3, -0.25) is 14.2 Å². The van der Waals surface area contributed by atoms with Gasteiger partial charge in [-0.05, 0) is 12.5 Å². The molecule has 0 aliphatic carbocycles. The molecule has 3 rings (SSSR count). The average Bonchev–Trinajstić information content (AvgIpc) is 3.00. The summed E-state index contributed by atoms with van der Waals surface area (Å²) in [5.41, 5.74) is 1.02. The number of aromatic nitrogens is 5. The molecular formula is C15H15N5O3. The molecule has 0 unspecified atom stereocenters. The number of nitrogens with zero attached hydrogens (tertiary/aromatic N) is 5. The first-order chi connectivity index (χ1) is 11.2. The smallest absolute Gasteiger partial charge is 0.326 e. The monoisotopic (exact) mass is 313 g/mol. The van der Waals surface area contributed by atoms with Crippen LogP contribution in [0.1, 0.15) is 12.5 Å². The van der Waals surface area contributed by atoms with Gasteiger partial charge in [0.25, 0.3) is 5.56 Å². The molecule has 0 aliphatic rings. The molecule has 0 spiro atoms. The Hall–Kier alpha value is -3.03. The fourth-order valence-electron chi connectivity index (χ4n) is 2.14. The second-order valence-corrected chi connectivity index (χ2v) is 4.90. The van der Waals surface area contributed by atoms with Gasteiger partial charge in [-0.1, -0.05) is 35.5 Å². The third-order valence-electron chi connectivity index (χ3n) is 3.33. The van der Waals surface area contributed by atoms with E-state index in [0.29, 0.717) is 12.2 Å². The fourth-order valence-corrected chi connectivity index (χ4v) is 2.14. The molecular weight excluding hydrogens is 298 g/mol. The van der Waals surface area contributed by atoms with Gasteiger partial charge in [-0.15, -0.1) is 5.10 Å². The third kappa shape index (κ3) is 3.10. The first-order valence-electron chi connectivity index (χ1n) is 7.17. The molecule has 0 saturated heterocycles. The second kappa shape index (κ2) is 6.39. The van der Waals surface area contributed by atoms with E-state index < -0.39 is 11.5 Å². The Bertz CT molecular complexity index is 885. The van der Waals surface area contributed by atoms with Crippen LogP contribution >= 0.6 is 0 Å². The van der Waals surface area contributed by atoms with E-state index in [-0.39, 0.29) is 18.7 Å². The van der Waals surface area contributed by atoms with Crippen molar-refractivity contribution < 1.29 is 9.53 Å². The Kier molecular flexibility index (Phi) is 4.13. The SMILES string of the molecule is CCn1nnc2c(=O)n(CC(=O)OCc3ccccc3)cnc21. The molecule has 1 aromatic carbocycles. The average molecular weight is 313 g/mol. The Morgan fingerprint density at radius 1 is 1.26 bits per heavy atom. The van der Waals surface area contributed by atoms with Crippen molar-refractivity contribution in [3.05, 3.63) is 52.6 Å². The van der Waals surface area contributed by atoms with Gasteiger partial charge in [0.05, 0.1) is 0 Å². The summed E-state index contributed by atoms with van der Waals surface area (Å²) in [5, 5.41) is 7.66. The number of ether oxygens (including phenoxy) is 1. The van der Waals surface area contributed by atoms with E-state index >= 15 is 0 Å². The summed E-state index contributed by atoms with van der Waals surface area (Å²) in [6.45, 7) is 2.39. The summed E-state index contributed by atoms with van der Waals surface area (Å²) in [5.74, 6) is -0.514. The minimum absolute atomic E-state index is 0.144. The summed E-state index contributed by atoms with van der Waals surface area (Å²) in [4.78, 5) is 28.3. The van der Waals surface area contributed by atoms with E-state index in [9.17, 15) is 9.59 Å². The zero-order chi connectivity index (χ0) is 16.2. The zero-order valence-corrected chi connectivity index (χ0v) is 12.5. The number of benzene rings is 1. The van der Waals surface area contributed by atoms with Gasteiger partial charge in [-0.25, -0.2) is 9.67 Å². The predicted octanol–water partition coefficient (Wildman–Crippen LogP) is 0.751. The molecule has 8 nitrogen and oxygen atoms in total. The Morgan fingerprint density at radius 3 is 2.78 bits per heavy atom. The second-order valence-electron chi connectivity index (χ2n) is 4.90. The van der Waals surface area contributed by atoms with Crippen molar-refractivity contribution in [3.8, 4) is 0 Å². The molecule has 0 N–H and O–H groups in total. The Balaban J connectivity index is 1.72. The molecule has 3 aromatic rings. The quantitative estimate of drug-likeness (QED) is 0.646. The number of fused-ring (bicyclic) bond motifs is 1. The molecule has 0 amide bonds. The normalized spacial score (nSPS) is 10.8. The van der Waals surface area contributed by atoms with Crippen molar-refractivity contribution >= 4 is 17.1 Å². The van der Waals surface area contributed by atoms with Gasteiger partial charge in [0, 0.05) is 6.54 Å². The lowest BCUT2D eigenvalue weighted by atomic mass is 10.2. The van der Waals surface area contributed by atoms with E-state index in [2.05, 4.69) is 15.3 Å². The highest BCUT2D eigenvalue weighted by molar-refractivity contribution is 5.71. The van der Waals surface area contributed by atoms with Gasteiger partial charge in [-0.2, -0.15) is 0 Å². The lowest BCUT2D eigenvalue weighted by molar-refractivity contribution is -0.145. The summed E-state index contributed by atoms with van der Waals surface area (Å²) < 4.78 is 7.85. The largest absolute Gasteiger partial charge is 0.459 e. The van der Waals surface area contributed by atoms with Crippen LogP contribution < -0.4 is 5.56 Å². The lowest BCUT2D eigenvalue weighted by Gasteiger charge is -2.06. The van der Waals surface area contributed by atoms with E-state index in [4.69, 9.17) is 4.74 Å². The van der Waals surface area contributed by atoms with Gasteiger partial charge >= 0.3 is 5.97 Å². The number of esters is 1. The van der Waals surface area contributed by atoms with E-state index in [1.54, 1.807) is 0 Å². The molecule has 0 aliphatic heterocycles. The highest BCUT2D eigenvalue weighted by Gasteiger charge is 2.13. The number of carbonyl (C=O) groups is 1. The maximum atomic E-state index is 12.3. The highest BCUT2D eigenvalue weighted by atomic mass is 16.5. The molecule has 8 heteroatoms. The Morgan fingerprint density at radius 2 is 2.04 bits per heavy atom. The number of aryl methyl sites for hydroxylation is 1. The molecule has 0 atom stereocenters. The van der Waals surface area contributed by atoms with Crippen LogP contribution in [0.2, 0.25) is 0 Å². The molecule has 2 aromatic heterocycles. The maximum Gasteiger partial charge on any atom is 0.326 e. The third-order valence-corrected chi connectivity index (χ3v) is 3.33. The fraction of sp³-hybridized carbons (Fsp3) is 0.267. The van der Waals surface area contributed by atoms with Crippen LogP contribution in [0.25, 0.3) is 11.2 Å². The standard InChI is InChI=1S/C15H15N5O3/c1-2-20-14-13(17-18-20)15(22)19(10-16-14)8-12(21)23-9-11-6-4-3-5-7-11/h3-7,10H,2,8-9H2,1H3. The molecule has 0 radical (unpaired) electrons. The first kappa shape index (κ1) is 14.9. The maximum absolute atomic E-state index is 12.3. The van der Waals surface area contributed by atoms with E-state index in [0.717, 1.165) is 5.56 Å². The van der Waals surface area contributed by atoms with Gasteiger partial charge in [0.15, 0.2) is 11.2 Å². The van der Waals surface area contributed by atoms with Crippen molar-refractivity contribution in [3.63, 3.8) is 0 Å². The summed E-state index contributed by atoms with van der Waals surface area (Å²) >= 11 is 0. The summed E-state index contributed by atoms with van der Waals surface area (Å²) in [6.07, 6.45) is 1.31. The van der Waals surface area contributed by atoms with E-state index in [1.165, 1.54) is 15.6 Å². The minimum atomic E-state index is -0.514. The topological polar surface area (TPSA) is 91.9 Å². The van der Waals surface area contributed by atoms with Crippen molar-refractivity contribution in [2.75, 3.05) is 0 Å². The van der Waals surface area contributed by atoms with Crippen molar-refractivity contribution in [2.24, 2.45) is 0 Å². The summed E-state index contributed by atoms with van der Waals surface area (Å²) in [7, 11) is 0. The lowest BCUT2D eigenvalue weighted by Crippen LogP contribution is -2.26. The number of hydrogen-bond donors (Lipinski definition) is 0. The Labute approximate surface area is 131 Å². The van der Waals surface area contributed by atoms with Crippen LogP contribution in [-0.4, -0.2) is 30.5 Å². The van der Waals surface area contributed by atoms with E-state index in [1.807, 2.05) is 37.3 Å². The van der Waals surface area contributed by atoms with Crippen molar-refractivity contribution in [1.82, 2.24) is 24.5 Å². The zero-order valence-electron chi connectivity index (χ0n) is 12.5. The molecule has 2 heterocycles. The number of carbonyl (C=O) groups excluding carboxylic acids is 1.